The third kappa shape index (κ3) is 3.05. The minimum absolute atomic E-state index is 0.0677. The molecule has 18 heavy (non-hydrogen) atoms. The van der Waals surface area contributed by atoms with Gasteiger partial charge in [-0.25, -0.2) is 0 Å². The zero-order valence-corrected chi connectivity index (χ0v) is 12.4. The summed E-state index contributed by atoms with van der Waals surface area (Å²) in [5.41, 5.74) is 7.36. The second-order valence-electron chi connectivity index (χ2n) is 4.71. The molecular weight excluding hydrogens is 294 g/mol. The van der Waals surface area contributed by atoms with Crippen LogP contribution in [0.1, 0.15) is 38.3 Å². The van der Waals surface area contributed by atoms with Crippen LogP contribution < -0.4 is 10.5 Å². The molecule has 3 unspecified atom stereocenters. The lowest BCUT2D eigenvalue weighted by molar-refractivity contribution is 0.0401. The largest absolute Gasteiger partial charge is 0.493 e. The van der Waals surface area contributed by atoms with Crippen LogP contribution in [-0.4, -0.2) is 18.8 Å². The van der Waals surface area contributed by atoms with Crippen molar-refractivity contribution in [2.45, 2.75) is 44.9 Å². The molecule has 1 aliphatic rings. The number of benzene rings is 1. The summed E-state index contributed by atoms with van der Waals surface area (Å²) in [6, 6.07) is 5.94. The first-order valence-corrected chi connectivity index (χ1v) is 7.24. The fourth-order valence-electron chi connectivity index (χ4n) is 2.31. The van der Waals surface area contributed by atoms with E-state index in [2.05, 4.69) is 22.9 Å². The fraction of sp³-hybridized carbons (Fsp3) is 0.571. The molecule has 4 heteroatoms. The highest BCUT2D eigenvalue weighted by molar-refractivity contribution is 9.10. The zero-order valence-electron chi connectivity index (χ0n) is 10.9. The number of nitrogens with two attached hydrogens (primary N) is 1. The summed E-state index contributed by atoms with van der Waals surface area (Å²) in [7, 11) is 0. The Balaban J connectivity index is 2.11. The molecule has 1 saturated heterocycles. The first kappa shape index (κ1) is 13.8. The molecular formula is C14H20BrNO2. The zero-order chi connectivity index (χ0) is 13.1. The maximum atomic E-state index is 6.27. The predicted molar refractivity (Wildman–Crippen MR) is 75.8 cm³/mol. The van der Waals surface area contributed by atoms with Crippen molar-refractivity contribution in [3.63, 3.8) is 0 Å². The van der Waals surface area contributed by atoms with Crippen LogP contribution in [0.5, 0.6) is 5.75 Å². The Morgan fingerprint density at radius 3 is 2.83 bits per heavy atom. The van der Waals surface area contributed by atoms with Crippen molar-refractivity contribution in [2.75, 3.05) is 6.61 Å². The van der Waals surface area contributed by atoms with Gasteiger partial charge >= 0.3 is 0 Å². The molecule has 2 rings (SSSR count). The van der Waals surface area contributed by atoms with Gasteiger partial charge in [-0.3, -0.25) is 0 Å². The van der Waals surface area contributed by atoms with Crippen molar-refractivity contribution in [1.29, 1.82) is 0 Å². The van der Waals surface area contributed by atoms with Crippen LogP contribution in [0.4, 0.5) is 0 Å². The van der Waals surface area contributed by atoms with Crippen molar-refractivity contribution in [3.05, 3.63) is 28.2 Å². The van der Waals surface area contributed by atoms with E-state index >= 15 is 0 Å². The summed E-state index contributed by atoms with van der Waals surface area (Å²) in [6.07, 6.45) is 2.58. The van der Waals surface area contributed by atoms with Gasteiger partial charge in [0.25, 0.3) is 0 Å². The van der Waals surface area contributed by atoms with Gasteiger partial charge in [0.05, 0.1) is 29.3 Å². The topological polar surface area (TPSA) is 44.5 Å². The van der Waals surface area contributed by atoms with Crippen LogP contribution in [0, 0.1) is 0 Å². The van der Waals surface area contributed by atoms with E-state index in [9.17, 15) is 0 Å². The Morgan fingerprint density at radius 1 is 1.50 bits per heavy atom. The lowest BCUT2D eigenvalue weighted by Crippen LogP contribution is -2.26. The summed E-state index contributed by atoms with van der Waals surface area (Å²) in [5, 5.41) is 0. The molecule has 0 spiro atoms. The molecule has 0 bridgehead atoms. The maximum absolute atomic E-state index is 6.27. The van der Waals surface area contributed by atoms with E-state index in [1.807, 2.05) is 25.1 Å². The summed E-state index contributed by atoms with van der Waals surface area (Å²) in [6.45, 7) is 4.73. The molecule has 0 aliphatic carbocycles. The molecule has 1 aromatic carbocycles. The number of hydrogen-bond donors (Lipinski definition) is 1. The summed E-state index contributed by atoms with van der Waals surface area (Å²) < 4.78 is 12.3. The number of rotatable bonds is 4. The van der Waals surface area contributed by atoms with Crippen molar-refractivity contribution in [3.8, 4) is 5.75 Å². The van der Waals surface area contributed by atoms with Crippen molar-refractivity contribution in [1.82, 2.24) is 0 Å². The highest BCUT2D eigenvalue weighted by atomic mass is 79.9. The van der Waals surface area contributed by atoms with E-state index < -0.39 is 0 Å². The average molecular weight is 314 g/mol. The molecule has 1 heterocycles. The van der Waals surface area contributed by atoms with Gasteiger partial charge in [-0.2, -0.15) is 0 Å². The Labute approximate surface area is 117 Å². The summed E-state index contributed by atoms with van der Waals surface area (Å²) >= 11 is 3.52. The third-order valence-electron chi connectivity index (χ3n) is 3.31. The maximum Gasteiger partial charge on any atom is 0.133 e. The Morgan fingerprint density at radius 2 is 2.28 bits per heavy atom. The van der Waals surface area contributed by atoms with Gasteiger partial charge in [-0.15, -0.1) is 0 Å². The van der Waals surface area contributed by atoms with E-state index in [0.29, 0.717) is 12.7 Å². The van der Waals surface area contributed by atoms with Gasteiger partial charge in [0.1, 0.15) is 5.75 Å². The molecule has 0 aromatic heterocycles. The van der Waals surface area contributed by atoms with E-state index in [0.717, 1.165) is 28.6 Å². The Kier molecular flexibility index (Phi) is 4.65. The minimum Gasteiger partial charge on any atom is -0.493 e. The Hall–Kier alpha value is -0.580. The van der Waals surface area contributed by atoms with Crippen molar-refractivity contribution in [2.24, 2.45) is 5.73 Å². The second-order valence-corrected chi connectivity index (χ2v) is 5.57. The SMILES string of the molecule is CCOc1ccc(C(N)C2CCC(C)O2)cc1Br. The predicted octanol–water partition coefficient (Wildman–Crippen LogP) is 3.42. The van der Waals surface area contributed by atoms with E-state index in [1.165, 1.54) is 0 Å². The molecule has 2 N–H and O–H groups in total. The summed E-state index contributed by atoms with van der Waals surface area (Å²) in [5.74, 6) is 0.856. The van der Waals surface area contributed by atoms with Crippen LogP contribution in [-0.2, 0) is 4.74 Å². The first-order valence-electron chi connectivity index (χ1n) is 6.45. The highest BCUT2D eigenvalue weighted by Crippen LogP contribution is 2.32. The molecule has 0 saturated carbocycles. The second kappa shape index (κ2) is 6.04. The van der Waals surface area contributed by atoms with Crippen LogP contribution in [0.25, 0.3) is 0 Å². The normalized spacial score (nSPS) is 25.1. The van der Waals surface area contributed by atoms with Gasteiger partial charge in [-0.05, 0) is 60.3 Å². The molecule has 1 aliphatic heterocycles. The first-order chi connectivity index (χ1) is 8.61. The molecule has 3 nitrogen and oxygen atoms in total. The molecule has 0 amide bonds. The Bertz CT molecular complexity index is 411. The lowest BCUT2D eigenvalue weighted by atomic mass is 10.00. The third-order valence-corrected chi connectivity index (χ3v) is 3.93. The van der Waals surface area contributed by atoms with Crippen LogP contribution in [0.15, 0.2) is 22.7 Å². The average Bonchev–Trinajstić information content (AvgIpc) is 2.78. The fourth-order valence-corrected chi connectivity index (χ4v) is 2.82. The van der Waals surface area contributed by atoms with Crippen molar-refractivity contribution < 1.29 is 9.47 Å². The molecule has 0 radical (unpaired) electrons. The van der Waals surface area contributed by atoms with E-state index in [1.54, 1.807) is 0 Å². The molecule has 1 fully saturated rings. The molecule has 3 atom stereocenters. The van der Waals surface area contributed by atoms with Gasteiger partial charge in [0, 0.05) is 0 Å². The standard InChI is InChI=1S/C14H20BrNO2/c1-3-17-12-7-5-10(8-11(12)15)14(16)13-6-4-9(2)18-13/h5,7-9,13-14H,3-4,6,16H2,1-2H3. The van der Waals surface area contributed by atoms with Gasteiger partial charge in [-0.1, -0.05) is 6.07 Å². The van der Waals surface area contributed by atoms with E-state index in [4.69, 9.17) is 15.2 Å². The smallest absolute Gasteiger partial charge is 0.133 e. The summed E-state index contributed by atoms with van der Waals surface area (Å²) in [4.78, 5) is 0. The quantitative estimate of drug-likeness (QED) is 0.926. The van der Waals surface area contributed by atoms with Crippen LogP contribution in [0.2, 0.25) is 0 Å². The number of hydrogen-bond acceptors (Lipinski definition) is 3. The molecule has 1 aromatic rings. The van der Waals surface area contributed by atoms with Crippen molar-refractivity contribution >= 4 is 15.9 Å². The minimum atomic E-state index is -0.0677. The molecule has 100 valence electrons. The number of halogens is 1. The van der Waals surface area contributed by atoms with E-state index in [-0.39, 0.29) is 12.1 Å². The van der Waals surface area contributed by atoms with Crippen LogP contribution in [0.3, 0.4) is 0 Å². The number of ether oxygens (including phenoxy) is 2. The highest BCUT2D eigenvalue weighted by Gasteiger charge is 2.28. The van der Waals surface area contributed by atoms with Gasteiger partial charge in [0.2, 0.25) is 0 Å². The monoisotopic (exact) mass is 313 g/mol. The van der Waals surface area contributed by atoms with Gasteiger partial charge < -0.3 is 15.2 Å². The van der Waals surface area contributed by atoms with Crippen LogP contribution >= 0.6 is 15.9 Å². The van der Waals surface area contributed by atoms with Gasteiger partial charge in [0.15, 0.2) is 0 Å². The lowest BCUT2D eigenvalue weighted by Gasteiger charge is -2.20.